The molecular weight excluding hydrogens is 509 g/mol. The summed E-state index contributed by atoms with van der Waals surface area (Å²) < 4.78 is 52.2. The van der Waals surface area contributed by atoms with Crippen molar-refractivity contribution < 1.29 is 22.6 Å². The second kappa shape index (κ2) is 10.1. The molecule has 2 aromatic heterocycles. The minimum absolute atomic E-state index is 0.0267. The molecule has 1 aromatic carbocycles. The van der Waals surface area contributed by atoms with Crippen LogP contribution in [0, 0.1) is 0 Å². The summed E-state index contributed by atoms with van der Waals surface area (Å²) in [5.74, 6) is 1.84. The first-order chi connectivity index (χ1) is 17.7. The lowest BCUT2D eigenvalue weighted by Crippen LogP contribution is -2.39. The van der Waals surface area contributed by atoms with Crippen LogP contribution in [-0.2, 0) is 6.18 Å². The van der Waals surface area contributed by atoms with Crippen molar-refractivity contribution in [1.82, 2.24) is 15.0 Å². The van der Waals surface area contributed by atoms with Crippen molar-refractivity contribution in [2.45, 2.75) is 31.1 Å². The lowest BCUT2D eigenvalue weighted by molar-refractivity contribution is -0.138. The number of anilines is 3. The maximum absolute atomic E-state index is 13.7. The topological polar surface area (TPSA) is 75.6 Å². The maximum Gasteiger partial charge on any atom is 0.416 e. The zero-order valence-corrected chi connectivity index (χ0v) is 21.1. The summed E-state index contributed by atoms with van der Waals surface area (Å²) in [5, 5.41) is 3.40. The first-order valence-corrected chi connectivity index (χ1v) is 12.2. The zero-order valence-electron chi connectivity index (χ0n) is 20.3. The Bertz CT molecular complexity index is 1270. The molecule has 2 aliphatic rings. The van der Waals surface area contributed by atoms with Gasteiger partial charge in [0.2, 0.25) is 11.8 Å². The van der Waals surface area contributed by atoms with Crippen molar-refractivity contribution in [1.29, 1.82) is 0 Å². The largest absolute Gasteiger partial charge is 0.486 e. The van der Waals surface area contributed by atoms with Gasteiger partial charge in [-0.25, -0.2) is 9.97 Å². The van der Waals surface area contributed by atoms with Gasteiger partial charge in [0.05, 0.1) is 24.9 Å². The number of pyridine rings is 1. The highest BCUT2D eigenvalue weighted by Gasteiger charge is 2.38. The molecule has 0 amide bonds. The van der Waals surface area contributed by atoms with Crippen molar-refractivity contribution in [3.8, 4) is 11.6 Å². The van der Waals surface area contributed by atoms with Crippen molar-refractivity contribution in [3.63, 3.8) is 0 Å². The summed E-state index contributed by atoms with van der Waals surface area (Å²) in [4.78, 5) is 17.1. The van der Waals surface area contributed by atoms with E-state index in [-0.39, 0.29) is 23.2 Å². The third-order valence-corrected chi connectivity index (χ3v) is 6.97. The Balaban J connectivity index is 1.29. The van der Waals surface area contributed by atoms with Crippen molar-refractivity contribution in [2.24, 2.45) is 0 Å². The third kappa shape index (κ3) is 5.31. The maximum atomic E-state index is 13.7. The van der Waals surface area contributed by atoms with Crippen molar-refractivity contribution in [2.75, 3.05) is 49.0 Å². The number of ether oxygens (including phenoxy) is 2. The lowest BCUT2D eigenvalue weighted by Gasteiger charge is -2.36. The van der Waals surface area contributed by atoms with E-state index in [9.17, 15) is 13.2 Å². The van der Waals surface area contributed by atoms with Gasteiger partial charge >= 0.3 is 6.18 Å². The smallest absolute Gasteiger partial charge is 0.416 e. The number of alkyl halides is 3. The van der Waals surface area contributed by atoms with Crippen LogP contribution in [0.1, 0.15) is 30.0 Å². The van der Waals surface area contributed by atoms with Crippen LogP contribution in [0.5, 0.6) is 11.6 Å². The van der Waals surface area contributed by atoms with Gasteiger partial charge in [0.1, 0.15) is 6.61 Å². The number of fused-ring (bicyclic) bond motifs is 1. The second-order valence-corrected chi connectivity index (χ2v) is 9.45. The van der Waals surface area contributed by atoms with Crippen LogP contribution >= 0.6 is 11.6 Å². The summed E-state index contributed by atoms with van der Waals surface area (Å²) in [7, 11) is 3.30. The molecule has 4 heterocycles. The molecule has 0 aliphatic carbocycles. The number of halogens is 4. The van der Waals surface area contributed by atoms with E-state index >= 15 is 0 Å². The van der Waals surface area contributed by atoms with E-state index in [1.54, 1.807) is 31.5 Å². The summed E-state index contributed by atoms with van der Waals surface area (Å²) in [5.41, 5.74) is 0.355. The quantitative estimate of drug-likeness (QED) is 0.478. The molecule has 0 spiro atoms. The number of hydrogen-bond donors (Lipinski definition) is 1. The summed E-state index contributed by atoms with van der Waals surface area (Å²) in [6.07, 6.45) is 0.463. The third-order valence-electron chi connectivity index (χ3n) is 6.74. The second-order valence-electron chi connectivity index (χ2n) is 9.01. The molecule has 1 saturated heterocycles. The number of hydrogen-bond acceptors (Lipinski definition) is 8. The van der Waals surface area contributed by atoms with Gasteiger partial charge in [-0.1, -0.05) is 17.7 Å². The van der Waals surface area contributed by atoms with Crippen LogP contribution in [0.2, 0.25) is 5.02 Å². The minimum atomic E-state index is -4.55. The first kappa shape index (κ1) is 25.2. The van der Waals surface area contributed by atoms with E-state index in [2.05, 4.69) is 25.2 Å². The molecule has 1 fully saturated rings. The highest BCUT2D eigenvalue weighted by Crippen LogP contribution is 2.42. The molecule has 0 radical (unpaired) electrons. The van der Waals surface area contributed by atoms with Gasteiger partial charge in [-0.2, -0.15) is 18.2 Å². The summed E-state index contributed by atoms with van der Waals surface area (Å²) in [6, 6.07) is 7.13. The average molecular weight is 535 g/mol. The highest BCUT2D eigenvalue weighted by molar-refractivity contribution is 6.30. The Morgan fingerprint density at radius 3 is 2.65 bits per heavy atom. The molecule has 37 heavy (non-hydrogen) atoms. The fraction of sp³-hybridized carbons (Fsp3) is 0.400. The number of benzene rings is 1. The summed E-state index contributed by atoms with van der Waals surface area (Å²) >= 11 is 5.86. The molecule has 1 unspecified atom stereocenters. The molecule has 8 nitrogen and oxygen atoms in total. The Labute approximate surface area is 217 Å². The average Bonchev–Trinajstić information content (AvgIpc) is 2.89. The number of piperidine rings is 1. The molecule has 12 heteroatoms. The van der Waals surface area contributed by atoms with Crippen LogP contribution in [0.3, 0.4) is 0 Å². The summed E-state index contributed by atoms with van der Waals surface area (Å²) in [6.45, 7) is 1.69. The standard InChI is InChI=1S/C25H26ClF3N6O2/c1-34-20(18-4-3-15(26)11-19(18)25(27,28)29)14-37-21-13-31-24(33-23(21)34)32-16-6-9-35(10-7-16)17-5-8-30-22(12-17)36-2/h3-5,8,11-13,16,20H,6-7,9-10,14H2,1-2H3,(H,31,32,33). The fourth-order valence-corrected chi connectivity index (χ4v) is 4.92. The number of aromatic nitrogens is 3. The predicted octanol–water partition coefficient (Wildman–Crippen LogP) is 5.20. The molecule has 3 aromatic rings. The Hall–Kier alpha value is -3.47. The van der Waals surface area contributed by atoms with Gasteiger partial charge in [0, 0.05) is 49.2 Å². The normalized spacial score (nSPS) is 18.3. The van der Waals surface area contributed by atoms with Crippen molar-refractivity contribution in [3.05, 3.63) is 58.9 Å². The van der Waals surface area contributed by atoms with Gasteiger partial charge in [-0.3, -0.25) is 0 Å². The van der Waals surface area contributed by atoms with Gasteiger partial charge in [0.25, 0.3) is 0 Å². The molecule has 0 bridgehead atoms. The van der Waals surface area contributed by atoms with Crippen molar-refractivity contribution >= 4 is 29.1 Å². The number of likely N-dealkylation sites (N-methyl/N-ethyl adjacent to an activating group) is 1. The number of rotatable bonds is 5. The minimum Gasteiger partial charge on any atom is -0.486 e. The number of nitrogens with zero attached hydrogens (tertiary/aromatic N) is 5. The van der Waals surface area contributed by atoms with Crippen LogP contribution in [-0.4, -0.2) is 54.8 Å². The van der Waals surface area contributed by atoms with Crippen LogP contribution in [0.25, 0.3) is 0 Å². The van der Waals surface area contributed by atoms with E-state index in [4.69, 9.17) is 21.1 Å². The van der Waals surface area contributed by atoms with Gasteiger partial charge < -0.3 is 24.6 Å². The van der Waals surface area contributed by atoms with E-state index in [1.165, 1.54) is 12.1 Å². The highest BCUT2D eigenvalue weighted by atomic mass is 35.5. The van der Waals surface area contributed by atoms with E-state index in [0.717, 1.165) is 37.7 Å². The molecular formula is C25H26ClF3N6O2. The molecule has 196 valence electrons. The van der Waals surface area contributed by atoms with E-state index in [1.807, 2.05) is 12.1 Å². The molecule has 2 aliphatic heterocycles. The molecule has 1 N–H and O–H groups in total. The number of nitrogens with one attached hydrogen (secondary N) is 1. The van der Waals surface area contributed by atoms with Crippen LogP contribution < -0.4 is 24.6 Å². The van der Waals surface area contributed by atoms with Crippen LogP contribution in [0.15, 0.2) is 42.7 Å². The SMILES string of the molecule is COc1cc(N2CCC(Nc3ncc4c(n3)N(C)C(c3ccc(Cl)cc3C(F)(F)F)CO4)CC2)ccn1. The lowest BCUT2D eigenvalue weighted by atomic mass is 9.98. The molecule has 0 saturated carbocycles. The van der Waals surface area contributed by atoms with Gasteiger partial charge in [-0.15, -0.1) is 0 Å². The number of methoxy groups -OCH3 is 1. The molecule has 1 atom stereocenters. The van der Waals surface area contributed by atoms with E-state index in [0.29, 0.717) is 23.4 Å². The Morgan fingerprint density at radius 2 is 1.92 bits per heavy atom. The van der Waals surface area contributed by atoms with Gasteiger partial charge in [-0.05, 0) is 36.6 Å². The predicted molar refractivity (Wildman–Crippen MR) is 135 cm³/mol. The fourth-order valence-electron chi connectivity index (χ4n) is 4.75. The Kier molecular flexibility index (Phi) is 6.89. The van der Waals surface area contributed by atoms with Crippen LogP contribution in [0.4, 0.5) is 30.6 Å². The van der Waals surface area contributed by atoms with E-state index < -0.39 is 17.8 Å². The Morgan fingerprint density at radius 1 is 1.14 bits per heavy atom. The molecule has 5 rings (SSSR count). The van der Waals surface area contributed by atoms with Gasteiger partial charge in [0.15, 0.2) is 11.6 Å². The monoisotopic (exact) mass is 534 g/mol. The first-order valence-electron chi connectivity index (χ1n) is 11.8. The zero-order chi connectivity index (χ0) is 26.2.